The van der Waals surface area contributed by atoms with Gasteiger partial charge in [-0.1, -0.05) is 378 Å². The van der Waals surface area contributed by atoms with Crippen LogP contribution in [-0.2, 0) is 14.3 Å². The molecule has 3 N–H and O–H groups in total. The van der Waals surface area contributed by atoms with E-state index in [-0.39, 0.29) is 18.5 Å². The van der Waals surface area contributed by atoms with Gasteiger partial charge >= 0.3 is 5.97 Å². The van der Waals surface area contributed by atoms with Crippen LogP contribution in [0.1, 0.15) is 425 Å². The monoisotopic (exact) mass is 1150 g/mol. The van der Waals surface area contributed by atoms with Crippen molar-refractivity contribution in [2.24, 2.45) is 0 Å². The van der Waals surface area contributed by atoms with Gasteiger partial charge in [-0.05, 0) is 57.8 Å². The molecule has 0 bridgehead atoms. The van der Waals surface area contributed by atoms with Crippen LogP contribution < -0.4 is 5.32 Å². The zero-order valence-corrected chi connectivity index (χ0v) is 55.8. The van der Waals surface area contributed by atoms with Crippen LogP contribution in [0.5, 0.6) is 0 Å². The summed E-state index contributed by atoms with van der Waals surface area (Å²) in [5.74, 6) is -0.0517. The molecule has 2 unspecified atom stereocenters. The molecule has 0 rings (SSSR count). The van der Waals surface area contributed by atoms with Crippen LogP contribution in [0.4, 0.5) is 0 Å². The average Bonchev–Trinajstić information content (AvgIpc) is 3.48. The van der Waals surface area contributed by atoms with E-state index < -0.39 is 12.1 Å². The molecule has 0 radical (unpaired) electrons. The van der Waals surface area contributed by atoms with Crippen molar-refractivity contribution in [2.45, 2.75) is 437 Å². The van der Waals surface area contributed by atoms with Crippen molar-refractivity contribution in [3.05, 3.63) is 24.3 Å². The van der Waals surface area contributed by atoms with Gasteiger partial charge in [-0.3, -0.25) is 9.59 Å². The number of unbranched alkanes of at least 4 members (excludes halogenated alkanes) is 58. The van der Waals surface area contributed by atoms with E-state index in [9.17, 15) is 19.8 Å². The van der Waals surface area contributed by atoms with Crippen LogP contribution in [0.3, 0.4) is 0 Å². The zero-order valence-electron chi connectivity index (χ0n) is 55.8. The molecule has 0 saturated heterocycles. The van der Waals surface area contributed by atoms with E-state index in [0.717, 1.165) is 44.9 Å². The summed E-state index contributed by atoms with van der Waals surface area (Å²) in [6.07, 6.45) is 91.3. The molecule has 0 aliphatic carbocycles. The van der Waals surface area contributed by atoms with Gasteiger partial charge < -0.3 is 20.3 Å². The quantitative estimate of drug-likeness (QED) is 0.0320. The highest BCUT2D eigenvalue weighted by atomic mass is 16.5. The lowest BCUT2D eigenvalue weighted by Gasteiger charge is -2.20. The molecule has 0 aromatic carbocycles. The maximum absolute atomic E-state index is 12.5. The minimum absolute atomic E-state index is 0.0122. The van der Waals surface area contributed by atoms with E-state index in [1.54, 1.807) is 6.08 Å². The first-order valence-corrected chi connectivity index (χ1v) is 37.6. The van der Waals surface area contributed by atoms with E-state index in [2.05, 4.69) is 31.3 Å². The number of aliphatic hydroxyl groups is 2. The third-order valence-electron chi connectivity index (χ3n) is 17.7. The summed E-state index contributed by atoms with van der Waals surface area (Å²) in [6.45, 7) is 4.94. The fraction of sp³-hybridized carbons (Fsp3) is 0.921. The van der Waals surface area contributed by atoms with Crippen LogP contribution >= 0.6 is 0 Å². The van der Waals surface area contributed by atoms with Crippen molar-refractivity contribution in [1.82, 2.24) is 5.32 Å². The number of amides is 1. The highest BCUT2D eigenvalue weighted by Crippen LogP contribution is 2.19. The third-order valence-corrected chi connectivity index (χ3v) is 17.7. The molecule has 0 aliphatic heterocycles. The molecule has 0 spiro atoms. The van der Waals surface area contributed by atoms with Crippen molar-refractivity contribution in [3.63, 3.8) is 0 Å². The Morgan fingerprint density at radius 1 is 0.329 bits per heavy atom. The van der Waals surface area contributed by atoms with E-state index in [1.165, 1.54) is 353 Å². The molecular weight excluding hydrogens is 1010 g/mol. The van der Waals surface area contributed by atoms with Crippen molar-refractivity contribution < 1.29 is 24.5 Å². The van der Waals surface area contributed by atoms with Crippen molar-refractivity contribution >= 4 is 11.9 Å². The number of hydrogen-bond acceptors (Lipinski definition) is 5. The highest BCUT2D eigenvalue weighted by molar-refractivity contribution is 5.76. The van der Waals surface area contributed by atoms with Gasteiger partial charge in [0.05, 0.1) is 25.4 Å². The smallest absolute Gasteiger partial charge is 0.305 e. The number of carbonyl (C=O) groups excluding carboxylic acids is 2. The van der Waals surface area contributed by atoms with E-state index in [4.69, 9.17) is 4.74 Å². The number of ether oxygens (including phenoxy) is 1. The summed E-state index contributed by atoms with van der Waals surface area (Å²) < 4.78 is 5.51. The van der Waals surface area contributed by atoms with Crippen LogP contribution in [0.15, 0.2) is 24.3 Å². The fourth-order valence-electron chi connectivity index (χ4n) is 12.0. The van der Waals surface area contributed by atoms with E-state index in [1.807, 2.05) is 6.08 Å². The Balaban J connectivity index is 3.40. The van der Waals surface area contributed by atoms with Crippen molar-refractivity contribution in [2.75, 3.05) is 13.2 Å². The average molecular weight is 1160 g/mol. The van der Waals surface area contributed by atoms with Crippen molar-refractivity contribution in [1.29, 1.82) is 0 Å². The Bertz CT molecular complexity index is 1280. The predicted molar refractivity (Wildman–Crippen MR) is 361 cm³/mol. The second kappa shape index (κ2) is 71.8. The molecule has 0 heterocycles. The highest BCUT2D eigenvalue weighted by Gasteiger charge is 2.18. The first-order chi connectivity index (χ1) is 40.5. The number of carbonyl (C=O) groups is 2. The zero-order chi connectivity index (χ0) is 59.2. The van der Waals surface area contributed by atoms with E-state index in [0.29, 0.717) is 19.4 Å². The molecule has 82 heavy (non-hydrogen) atoms. The standard InChI is InChI=1S/C76H147NO5/c1-3-5-7-9-11-13-15-17-19-21-23-24-25-26-27-29-33-36-40-44-48-52-56-60-64-68-74(79)73(72-78)77-75(80)69-65-61-57-53-49-45-41-37-34-30-28-31-35-39-43-47-51-55-59-63-67-71-82-76(81)70-66-62-58-54-50-46-42-38-32-22-20-18-16-14-12-10-8-6-4-2/h18,20,64,68,73-74,78-79H,3-17,19,21-63,65-67,69-72H2,1-2H3,(H,77,80)/b20-18-,68-64+. The number of rotatable bonds is 71. The summed E-state index contributed by atoms with van der Waals surface area (Å²) >= 11 is 0. The maximum Gasteiger partial charge on any atom is 0.305 e. The molecular formula is C76H147NO5. The minimum Gasteiger partial charge on any atom is -0.466 e. The molecule has 2 atom stereocenters. The maximum atomic E-state index is 12.5. The van der Waals surface area contributed by atoms with Gasteiger partial charge in [0.2, 0.25) is 5.91 Å². The van der Waals surface area contributed by atoms with Gasteiger partial charge in [0, 0.05) is 12.8 Å². The van der Waals surface area contributed by atoms with Gasteiger partial charge in [-0.25, -0.2) is 0 Å². The summed E-state index contributed by atoms with van der Waals surface area (Å²) in [7, 11) is 0. The third kappa shape index (κ3) is 67.5. The Hall–Kier alpha value is -1.66. The Kier molecular flexibility index (Phi) is 70.4. The topological polar surface area (TPSA) is 95.9 Å². The van der Waals surface area contributed by atoms with Crippen molar-refractivity contribution in [3.8, 4) is 0 Å². The second-order valence-electron chi connectivity index (χ2n) is 26.0. The number of esters is 1. The van der Waals surface area contributed by atoms with Gasteiger partial charge in [-0.15, -0.1) is 0 Å². The molecule has 1 amide bonds. The number of aliphatic hydroxyl groups excluding tert-OH is 2. The molecule has 6 heteroatoms. The number of nitrogens with one attached hydrogen (secondary N) is 1. The van der Waals surface area contributed by atoms with Crippen LogP contribution in [0.25, 0.3) is 0 Å². The molecule has 486 valence electrons. The predicted octanol–water partition coefficient (Wildman–Crippen LogP) is 24.5. The Morgan fingerprint density at radius 3 is 0.866 bits per heavy atom. The Morgan fingerprint density at radius 2 is 0.573 bits per heavy atom. The normalized spacial score (nSPS) is 12.6. The summed E-state index contributed by atoms with van der Waals surface area (Å²) in [5, 5.41) is 23.3. The molecule has 0 aromatic rings. The summed E-state index contributed by atoms with van der Waals surface area (Å²) in [5.41, 5.74) is 0. The van der Waals surface area contributed by atoms with Crippen LogP contribution in [0, 0.1) is 0 Å². The SMILES string of the molecule is CCCCCCCC/C=C\CCCCCCCCCCCC(=O)OCCCCCCCCCCCCCCCCCCCCCCCC(=O)NC(CO)C(O)/C=C/CCCCCCCCCCCCCCCCCCCCCCCCC. The van der Waals surface area contributed by atoms with E-state index >= 15 is 0 Å². The Labute approximate surface area is 513 Å². The van der Waals surface area contributed by atoms with Crippen LogP contribution in [0.2, 0.25) is 0 Å². The number of allylic oxidation sites excluding steroid dienone is 3. The van der Waals surface area contributed by atoms with Gasteiger partial charge in [0.1, 0.15) is 0 Å². The first kappa shape index (κ1) is 80.3. The lowest BCUT2D eigenvalue weighted by Crippen LogP contribution is -2.45. The largest absolute Gasteiger partial charge is 0.466 e. The number of hydrogen-bond donors (Lipinski definition) is 3. The lowest BCUT2D eigenvalue weighted by atomic mass is 10.0. The summed E-state index contributed by atoms with van der Waals surface area (Å²) in [4.78, 5) is 24.7. The van der Waals surface area contributed by atoms with Gasteiger partial charge in [-0.2, -0.15) is 0 Å². The first-order valence-electron chi connectivity index (χ1n) is 37.6. The molecule has 0 fully saturated rings. The fourth-order valence-corrected chi connectivity index (χ4v) is 12.0. The second-order valence-corrected chi connectivity index (χ2v) is 26.0. The molecule has 0 aliphatic rings. The molecule has 0 saturated carbocycles. The lowest BCUT2D eigenvalue weighted by molar-refractivity contribution is -0.143. The van der Waals surface area contributed by atoms with Gasteiger partial charge in [0.15, 0.2) is 0 Å². The molecule has 6 nitrogen and oxygen atoms in total. The van der Waals surface area contributed by atoms with Gasteiger partial charge in [0.25, 0.3) is 0 Å². The molecule has 0 aromatic heterocycles. The minimum atomic E-state index is -0.847. The summed E-state index contributed by atoms with van der Waals surface area (Å²) in [6, 6.07) is -0.630. The van der Waals surface area contributed by atoms with Crippen LogP contribution in [-0.4, -0.2) is 47.4 Å².